The molecule has 1 aliphatic rings. The number of benzene rings is 7. The molecule has 0 N–H and O–H groups in total. The summed E-state index contributed by atoms with van der Waals surface area (Å²) in [5.74, 6) is 1.60. The highest BCUT2D eigenvalue weighted by molar-refractivity contribution is 7.26. The minimum Gasteiger partial charge on any atom is -0.457 e. The van der Waals surface area contributed by atoms with E-state index in [4.69, 9.17) is 4.74 Å². The standard InChI is InChI=1S/C49H42N2OS/c1-32-8-17-37(18-9-32)50(38-19-10-33(2)11-20-38)41-28-42(51(39-21-12-34(3)13-22-39)40-23-14-35(4)15-24-40)30-44(29-41)52-43-25-27-48-47(31-43)46-26-16-36-6-5-7-45(36)49(46)53-48/h8-31H,5-7H2,1-4H3. The van der Waals surface area contributed by atoms with Crippen LogP contribution in [0.4, 0.5) is 34.1 Å². The summed E-state index contributed by atoms with van der Waals surface area (Å²) in [6.45, 7) is 8.53. The zero-order chi connectivity index (χ0) is 36.1. The fraction of sp³-hybridized carbons (Fsp3) is 0.143. The number of hydrogen-bond acceptors (Lipinski definition) is 4. The van der Waals surface area contributed by atoms with E-state index in [1.54, 1.807) is 5.56 Å². The fourth-order valence-corrected chi connectivity index (χ4v) is 8.91. The van der Waals surface area contributed by atoms with E-state index < -0.39 is 0 Å². The van der Waals surface area contributed by atoms with Crippen molar-refractivity contribution >= 4 is 65.6 Å². The Morgan fingerprint density at radius 3 is 1.42 bits per heavy atom. The van der Waals surface area contributed by atoms with Crippen LogP contribution in [-0.2, 0) is 12.8 Å². The zero-order valence-electron chi connectivity index (χ0n) is 30.7. The molecule has 9 rings (SSSR count). The van der Waals surface area contributed by atoms with Crippen molar-refractivity contribution in [1.82, 2.24) is 0 Å². The van der Waals surface area contributed by atoms with Crippen LogP contribution < -0.4 is 14.5 Å². The minimum atomic E-state index is 0.769. The number of nitrogens with zero attached hydrogens (tertiary/aromatic N) is 2. The van der Waals surface area contributed by atoms with Gasteiger partial charge in [-0.3, -0.25) is 0 Å². The highest BCUT2D eigenvalue weighted by Crippen LogP contribution is 2.45. The summed E-state index contributed by atoms with van der Waals surface area (Å²) >= 11 is 1.92. The van der Waals surface area contributed by atoms with Crippen LogP contribution in [0.2, 0.25) is 0 Å². The molecule has 0 amide bonds. The Labute approximate surface area is 316 Å². The van der Waals surface area contributed by atoms with E-state index in [2.05, 4.69) is 183 Å². The van der Waals surface area contributed by atoms with E-state index in [9.17, 15) is 0 Å². The number of fused-ring (bicyclic) bond motifs is 5. The maximum atomic E-state index is 6.95. The molecule has 1 heterocycles. The number of anilines is 6. The normalized spacial score (nSPS) is 12.3. The summed E-state index contributed by atoms with van der Waals surface area (Å²) in [5, 5.41) is 2.59. The first-order chi connectivity index (χ1) is 25.9. The van der Waals surface area contributed by atoms with Crippen molar-refractivity contribution in [2.75, 3.05) is 9.80 Å². The van der Waals surface area contributed by atoms with Crippen molar-refractivity contribution in [3.63, 3.8) is 0 Å². The molecule has 0 bridgehead atoms. The van der Waals surface area contributed by atoms with Crippen LogP contribution >= 0.6 is 11.3 Å². The fourth-order valence-electron chi connectivity index (χ4n) is 7.63. The Bertz CT molecular complexity index is 2380. The van der Waals surface area contributed by atoms with Gasteiger partial charge in [-0.2, -0.15) is 0 Å². The first-order valence-electron chi connectivity index (χ1n) is 18.5. The molecule has 0 saturated heterocycles. The van der Waals surface area contributed by atoms with Gasteiger partial charge in [-0.1, -0.05) is 82.9 Å². The first kappa shape index (κ1) is 33.0. The molecule has 7 aromatic carbocycles. The average molecular weight is 707 g/mol. The number of hydrogen-bond donors (Lipinski definition) is 0. The topological polar surface area (TPSA) is 15.7 Å². The Morgan fingerprint density at radius 1 is 0.434 bits per heavy atom. The van der Waals surface area contributed by atoms with Gasteiger partial charge in [0.2, 0.25) is 0 Å². The predicted octanol–water partition coefficient (Wildman–Crippen LogP) is 14.5. The summed E-state index contributed by atoms with van der Waals surface area (Å²) in [6.07, 6.45) is 3.62. The third-order valence-electron chi connectivity index (χ3n) is 10.5. The molecule has 0 fully saturated rings. The molecule has 3 nitrogen and oxygen atoms in total. The summed E-state index contributed by atoms with van der Waals surface area (Å²) in [7, 11) is 0. The van der Waals surface area contributed by atoms with Gasteiger partial charge in [0.15, 0.2) is 0 Å². The lowest BCUT2D eigenvalue weighted by Gasteiger charge is -2.30. The highest BCUT2D eigenvalue weighted by atomic mass is 32.1. The van der Waals surface area contributed by atoms with Gasteiger partial charge in [0.1, 0.15) is 11.5 Å². The largest absolute Gasteiger partial charge is 0.457 e. The molecular formula is C49H42N2OS. The van der Waals surface area contributed by atoms with Crippen LogP contribution in [0.1, 0.15) is 39.8 Å². The number of rotatable bonds is 8. The van der Waals surface area contributed by atoms with E-state index in [0.29, 0.717) is 0 Å². The number of ether oxygens (including phenoxy) is 1. The Hall–Kier alpha value is -5.84. The monoisotopic (exact) mass is 706 g/mol. The van der Waals surface area contributed by atoms with Crippen molar-refractivity contribution in [2.45, 2.75) is 47.0 Å². The second-order valence-corrected chi connectivity index (χ2v) is 15.5. The van der Waals surface area contributed by atoms with Crippen molar-refractivity contribution in [1.29, 1.82) is 0 Å². The van der Waals surface area contributed by atoms with Gasteiger partial charge < -0.3 is 14.5 Å². The third-order valence-corrected chi connectivity index (χ3v) is 11.7. The lowest BCUT2D eigenvalue weighted by molar-refractivity contribution is 0.484. The predicted molar refractivity (Wildman–Crippen MR) is 226 cm³/mol. The molecule has 4 heteroatoms. The van der Waals surface area contributed by atoms with Crippen LogP contribution in [0.5, 0.6) is 11.5 Å². The van der Waals surface area contributed by atoms with Crippen LogP contribution in [-0.4, -0.2) is 0 Å². The molecule has 0 unspecified atom stereocenters. The molecule has 1 aliphatic carbocycles. The Balaban J connectivity index is 1.23. The second-order valence-electron chi connectivity index (χ2n) is 14.5. The zero-order valence-corrected chi connectivity index (χ0v) is 31.5. The first-order valence-corrected chi connectivity index (χ1v) is 19.3. The van der Waals surface area contributed by atoms with E-state index in [1.165, 1.54) is 67.3 Å². The molecule has 8 aromatic rings. The van der Waals surface area contributed by atoms with Gasteiger partial charge in [-0.25, -0.2) is 0 Å². The molecule has 0 aliphatic heterocycles. The molecule has 0 saturated carbocycles. The van der Waals surface area contributed by atoms with Crippen LogP contribution in [0, 0.1) is 27.7 Å². The van der Waals surface area contributed by atoms with Gasteiger partial charge >= 0.3 is 0 Å². The molecule has 0 atom stereocenters. The van der Waals surface area contributed by atoms with Crippen molar-refractivity contribution < 1.29 is 4.74 Å². The molecule has 0 spiro atoms. The maximum absolute atomic E-state index is 6.95. The lowest BCUT2D eigenvalue weighted by Crippen LogP contribution is -2.13. The van der Waals surface area contributed by atoms with Crippen molar-refractivity contribution in [2.24, 2.45) is 0 Å². The summed E-state index contributed by atoms with van der Waals surface area (Å²) < 4.78 is 9.69. The highest BCUT2D eigenvalue weighted by Gasteiger charge is 2.21. The van der Waals surface area contributed by atoms with Crippen molar-refractivity contribution in [3.05, 3.63) is 179 Å². The lowest BCUT2D eigenvalue weighted by atomic mass is 10.1. The summed E-state index contributed by atoms with van der Waals surface area (Å²) in [5.41, 5.74) is 14.3. The van der Waals surface area contributed by atoms with E-state index in [-0.39, 0.29) is 0 Å². The smallest absolute Gasteiger partial charge is 0.131 e. The maximum Gasteiger partial charge on any atom is 0.131 e. The van der Waals surface area contributed by atoms with Gasteiger partial charge in [0.25, 0.3) is 0 Å². The van der Waals surface area contributed by atoms with Gasteiger partial charge in [0.05, 0.1) is 11.4 Å². The van der Waals surface area contributed by atoms with Crippen LogP contribution in [0.3, 0.4) is 0 Å². The minimum absolute atomic E-state index is 0.769. The van der Waals surface area contributed by atoms with Crippen molar-refractivity contribution in [3.8, 4) is 11.5 Å². The van der Waals surface area contributed by atoms with E-state index >= 15 is 0 Å². The molecular weight excluding hydrogens is 665 g/mol. The van der Waals surface area contributed by atoms with E-state index in [0.717, 1.165) is 45.6 Å². The SMILES string of the molecule is Cc1ccc(N(c2ccc(C)cc2)c2cc(Oc3ccc4sc5c6c(ccc5c4c3)CCC6)cc(N(c3ccc(C)cc3)c3ccc(C)cc3)c2)cc1. The average Bonchev–Trinajstić information content (AvgIpc) is 3.80. The van der Waals surface area contributed by atoms with Crippen LogP contribution in [0.25, 0.3) is 20.2 Å². The van der Waals surface area contributed by atoms with E-state index in [1.807, 2.05) is 11.3 Å². The second kappa shape index (κ2) is 13.6. The summed E-state index contributed by atoms with van der Waals surface area (Å²) in [4.78, 5) is 4.65. The molecule has 53 heavy (non-hydrogen) atoms. The van der Waals surface area contributed by atoms with Gasteiger partial charge in [0, 0.05) is 55.1 Å². The Morgan fingerprint density at radius 2 is 0.925 bits per heavy atom. The molecule has 1 aromatic heterocycles. The van der Waals surface area contributed by atoms with Gasteiger partial charge in [-0.05, 0) is 131 Å². The molecule has 0 radical (unpaired) electrons. The number of aryl methyl sites for hydroxylation is 6. The third kappa shape index (κ3) is 6.45. The molecule has 260 valence electrons. The Kier molecular flexibility index (Phi) is 8.48. The number of thiophene rings is 1. The summed E-state index contributed by atoms with van der Waals surface area (Å²) in [6, 6.07) is 52.9. The van der Waals surface area contributed by atoms with Gasteiger partial charge in [-0.15, -0.1) is 11.3 Å². The van der Waals surface area contributed by atoms with Crippen LogP contribution in [0.15, 0.2) is 146 Å². The quantitative estimate of drug-likeness (QED) is 0.156.